The topological polar surface area (TPSA) is 114 Å². The first-order valence-electron chi connectivity index (χ1n) is 11.6. The third-order valence-corrected chi connectivity index (χ3v) is 5.75. The van der Waals surface area contributed by atoms with Gasteiger partial charge in [0.1, 0.15) is 11.5 Å². The van der Waals surface area contributed by atoms with Crippen LogP contribution in [0.25, 0.3) is 5.69 Å². The van der Waals surface area contributed by atoms with Crippen LogP contribution in [0, 0.1) is 6.92 Å². The maximum atomic E-state index is 12.9. The lowest BCUT2D eigenvalue weighted by molar-refractivity contribution is 0.101. The Morgan fingerprint density at radius 2 is 1.69 bits per heavy atom. The molecule has 3 heterocycles. The summed E-state index contributed by atoms with van der Waals surface area (Å²) in [5.74, 6) is -0.207. The van der Waals surface area contributed by atoms with Gasteiger partial charge in [-0.25, -0.2) is 9.67 Å². The number of hydrogen-bond acceptors (Lipinski definition) is 7. The Hall–Kier alpha value is -4.57. The maximum Gasteiger partial charge on any atom is 0.277 e. The minimum atomic E-state index is -0.404. The molecular formula is C26H25N7O3. The van der Waals surface area contributed by atoms with Crippen molar-refractivity contribution in [3.8, 4) is 5.69 Å². The number of nitrogens with zero attached hydrogens (tertiary/aromatic N) is 5. The average Bonchev–Trinajstić information content (AvgIpc) is 3.38. The molecule has 2 aromatic heterocycles. The number of hydrogen-bond donors (Lipinski definition) is 2. The van der Waals surface area contributed by atoms with Gasteiger partial charge in [-0.1, -0.05) is 6.07 Å². The lowest BCUT2D eigenvalue weighted by Gasteiger charge is -2.28. The molecule has 10 heteroatoms. The first-order chi connectivity index (χ1) is 17.6. The van der Waals surface area contributed by atoms with E-state index in [0.29, 0.717) is 22.8 Å². The van der Waals surface area contributed by atoms with E-state index in [1.807, 2.05) is 30.3 Å². The summed E-state index contributed by atoms with van der Waals surface area (Å²) in [5, 5.41) is 10.0. The number of benzene rings is 2. The first-order valence-corrected chi connectivity index (χ1v) is 11.6. The van der Waals surface area contributed by atoms with Gasteiger partial charge < -0.3 is 20.3 Å². The van der Waals surface area contributed by atoms with Crippen molar-refractivity contribution >= 4 is 29.0 Å². The summed E-state index contributed by atoms with van der Waals surface area (Å²) in [7, 11) is 0. The number of ether oxygens (including phenoxy) is 1. The lowest BCUT2D eigenvalue weighted by Crippen LogP contribution is -2.36. The number of aromatic nitrogens is 4. The quantitative estimate of drug-likeness (QED) is 0.432. The Bertz CT molecular complexity index is 1360. The standard InChI is InChI=1S/C26H25N7O3/c1-18-16-28-23(17-27-18)26(35)31-24-9-10-29-33(24)22-4-2-3-19(15-22)25(34)30-20-5-7-21(8-6-20)32-11-13-36-14-12-32/h2-10,15-17H,11-14H2,1H3,(H,30,34)(H,31,35). The maximum absolute atomic E-state index is 12.9. The number of anilines is 3. The van der Waals surface area contributed by atoms with Crippen LogP contribution in [0.1, 0.15) is 26.5 Å². The van der Waals surface area contributed by atoms with Crippen LogP contribution >= 0.6 is 0 Å². The molecule has 2 aromatic carbocycles. The molecule has 4 aromatic rings. The van der Waals surface area contributed by atoms with Gasteiger partial charge in [-0.3, -0.25) is 14.6 Å². The Morgan fingerprint density at radius 1 is 0.889 bits per heavy atom. The highest BCUT2D eigenvalue weighted by Crippen LogP contribution is 2.21. The number of aryl methyl sites for hydroxylation is 1. The molecular weight excluding hydrogens is 458 g/mol. The second kappa shape index (κ2) is 10.4. The molecule has 182 valence electrons. The number of carbonyl (C=O) groups excluding carboxylic acids is 2. The first kappa shape index (κ1) is 23.2. The van der Waals surface area contributed by atoms with Gasteiger partial charge >= 0.3 is 0 Å². The van der Waals surface area contributed by atoms with Gasteiger partial charge in [0, 0.05) is 42.3 Å². The van der Waals surface area contributed by atoms with Crippen LogP contribution in [0.2, 0.25) is 0 Å². The van der Waals surface area contributed by atoms with E-state index in [4.69, 9.17) is 4.74 Å². The van der Waals surface area contributed by atoms with Gasteiger partial charge in [0.05, 0.1) is 37.0 Å². The lowest BCUT2D eigenvalue weighted by atomic mass is 10.1. The normalized spacial score (nSPS) is 13.3. The van der Waals surface area contributed by atoms with Crippen molar-refractivity contribution in [3.05, 3.63) is 90.1 Å². The smallest absolute Gasteiger partial charge is 0.277 e. The highest BCUT2D eigenvalue weighted by Gasteiger charge is 2.15. The van der Waals surface area contributed by atoms with Crippen molar-refractivity contribution in [2.45, 2.75) is 6.92 Å². The number of nitrogens with one attached hydrogen (secondary N) is 2. The van der Waals surface area contributed by atoms with Gasteiger partial charge in [-0.2, -0.15) is 5.10 Å². The molecule has 0 spiro atoms. The summed E-state index contributed by atoms with van der Waals surface area (Å²) in [6, 6.07) is 16.5. The summed E-state index contributed by atoms with van der Waals surface area (Å²) in [5.41, 5.74) is 3.81. The highest BCUT2D eigenvalue weighted by atomic mass is 16.5. The second-order valence-electron chi connectivity index (χ2n) is 8.28. The predicted octanol–water partition coefficient (Wildman–Crippen LogP) is 3.31. The number of rotatable bonds is 6. The van der Waals surface area contributed by atoms with Gasteiger partial charge in [0.2, 0.25) is 0 Å². The average molecular weight is 484 g/mol. The van der Waals surface area contributed by atoms with Crippen molar-refractivity contribution in [2.24, 2.45) is 0 Å². The highest BCUT2D eigenvalue weighted by molar-refractivity contribution is 6.05. The van der Waals surface area contributed by atoms with E-state index in [1.165, 1.54) is 12.4 Å². The Balaban J connectivity index is 1.28. The van der Waals surface area contributed by atoms with Crippen LogP contribution in [0.15, 0.2) is 73.2 Å². The fourth-order valence-corrected chi connectivity index (χ4v) is 3.85. The van der Waals surface area contributed by atoms with Gasteiger partial charge in [-0.15, -0.1) is 0 Å². The molecule has 0 bridgehead atoms. The van der Waals surface area contributed by atoms with E-state index in [9.17, 15) is 9.59 Å². The summed E-state index contributed by atoms with van der Waals surface area (Å²) >= 11 is 0. The van der Waals surface area contributed by atoms with E-state index >= 15 is 0 Å². The van der Waals surface area contributed by atoms with Crippen molar-refractivity contribution in [1.29, 1.82) is 0 Å². The predicted molar refractivity (Wildman–Crippen MR) is 136 cm³/mol. The van der Waals surface area contributed by atoms with E-state index in [0.717, 1.165) is 37.7 Å². The Morgan fingerprint density at radius 3 is 2.44 bits per heavy atom. The number of morpholine rings is 1. The molecule has 1 saturated heterocycles. The summed E-state index contributed by atoms with van der Waals surface area (Å²) in [6.07, 6.45) is 4.52. The van der Waals surface area contributed by atoms with Crippen LogP contribution in [0.4, 0.5) is 17.2 Å². The molecule has 0 atom stereocenters. The van der Waals surface area contributed by atoms with Gasteiger partial charge in [0.15, 0.2) is 0 Å². The second-order valence-corrected chi connectivity index (χ2v) is 8.28. The zero-order valence-electron chi connectivity index (χ0n) is 19.7. The molecule has 1 aliphatic heterocycles. The van der Waals surface area contributed by atoms with Crippen LogP contribution < -0.4 is 15.5 Å². The molecule has 1 fully saturated rings. The third kappa shape index (κ3) is 5.23. The minimum absolute atomic E-state index is 0.195. The number of amides is 2. The molecule has 0 saturated carbocycles. The molecule has 2 N–H and O–H groups in total. The molecule has 2 amide bonds. The van der Waals surface area contributed by atoms with Crippen molar-refractivity contribution in [3.63, 3.8) is 0 Å². The molecule has 36 heavy (non-hydrogen) atoms. The van der Waals surface area contributed by atoms with Crippen molar-refractivity contribution < 1.29 is 14.3 Å². The minimum Gasteiger partial charge on any atom is -0.378 e. The third-order valence-electron chi connectivity index (χ3n) is 5.75. The molecule has 1 aliphatic rings. The summed E-state index contributed by atoms with van der Waals surface area (Å²) in [6.45, 7) is 4.94. The largest absolute Gasteiger partial charge is 0.378 e. The van der Waals surface area contributed by atoms with Crippen LogP contribution in [0.5, 0.6) is 0 Å². The van der Waals surface area contributed by atoms with E-state index in [2.05, 4.69) is 30.6 Å². The van der Waals surface area contributed by atoms with Gasteiger partial charge in [0.25, 0.3) is 11.8 Å². The van der Waals surface area contributed by atoms with Crippen LogP contribution in [0.3, 0.4) is 0 Å². The molecule has 5 rings (SSSR count). The van der Waals surface area contributed by atoms with E-state index in [1.54, 1.807) is 42.1 Å². The monoisotopic (exact) mass is 483 g/mol. The summed E-state index contributed by atoms with van der Waals surface area (Å²) in [4.78, 5) is 36.0. The van der Waals surface area contributed by atoms with Gasteiger partial charge in [-0.05, 0) is 49.4 Å². The number of carbonyl (C=O) groups is 2. The fourth-order valence-electron chi connectivity index (χ4n) is 3.85. The van der Waals surface area contributed by atoms with Crippen LogP contribution in [-0.4, -0.2) is 57.9 Å². The molecule has 0 radical (unpaired) electrons. The Labute approximate surface area is 207 Å². The molecule has 10 nitrogen and oxygen atoms in total. The SMILES string of the molecule is Cc1cnc(C(=O)Nc2ccnn2-c2cccc(C(=O)Nc3ccc(N4CCOCC4)cc3)c2)cn1. The summed E-state index contributed by atoms with van der Waals surface area (Å²) < 4.78 is 6.95. The van der Waals surface area contributed by atoms with Crippen molar-refractivity contribution in [2.75, 3.05) is 41.8 Å². The fraction of sp³-hybridized carbons (Fsp3) is 0.192. The Kier molecular flexibility index (Phi) is 6.67. The molecule has 0 unspecified atom stereocenters. The zero-order valence-corrected chi connectivity index (χ0v) is 19.7. The molecule has 0 aliphatic carbocycles. The van der Waals surface area contributed by atoms with E-state index < -0.39 is 5.91 Å². The zero-order chi connectivity index (χ0) is 24.9. The van der Waals surface area contributed by atoms with E-state index in [-0.39, 0.29) is 11.6 Å². The van der Waals surface area contributed by atoms with Crippen molar-refractivity contribution in [1.82, 2.24) is 19.7 Å². The van der Waals surface area contributed by atoms with Crippen LogP contribution in [-0.2, 0) is 4.74 Å².